The summed E-state index contributed by atoms with van der Waals surface area (Å²) in [6, 6.07) is 8.65. The van der Waals surface area contributed by atoms with Crippen molar-refractivity contribution in [3.05, 3.63) is 47.5 Å². The molecule has 0 amide bonds. The van der Waals surface area contributed by atoms with Crippen LogP contribution in [-0.2, 0) is 15.8 Å². The molecule has 1 nitrogen and oxygen atoms in total. The summed E-state index contributed by atoms with van der Waals surface area (Å²) in [4.78, 5) is 0. The number of benzene rings is 1. The van der Waals surface area contributed by atoms with Gasteiger partial charge in [-0.05, 0) is 24.0 Å². The zero-order chi connectivity index (χ0) is 16.6. The van der Waals surface area contributed by atoms with Gasteiger partial charge in [-0.2, -0.15) is 0 Å². The second-order valence-electron chi connectivity index (χ2n) is 6.20. The van der Waals surface area contributed by atoms with E-state index in [0.29, 0.717) is 6.61 Å². The summed E-state index contributed by atoms with van der Waals surface area (Å²) < 4.78 is 6.77. The molecule has 1 rings (SSSR count). The van der Waals surface area contributed by atoms with E-state index >= 15 is 0 Å². The molecule has 0 aromatic heterocycles. The van der Waals surface area contributed by atoms with Crippen molar-refractivity contribution in [2.75, 3.05) is 6.61 Å². The molecule has 0 spiro atoms. The van der Waals surface area contributed by atoms with Crippen LogP contribution in [0.2, 0.25) is 0 Å². The van der Waals surface area contributed by atoms with Crippen LogP contribution in [0.1, 0.15) is 75.8 Å². The van der Waals surface area contributed by atoms with Crippen molar-refractivity contribution >= 4 is 22.6 Å². The molecule has 0 heterocycles. The zero-order valence-corrected chi connectivity index (χ0v) is 16.9. The van der Waals surface area contributed by atoms with E-state index in [1.54, 1.807) is 0 Å². The Morgan fingerprint density at radius 3 is 2.35 bits per heavy atom. The van der Waals surface area contributed by atoms with Gasteiger partial charge in [0, 0.05) is 4.43 Å². The Balaban J connectivity index is 1.92. The minimum Gasteiger partial charge on any atom is -0.373 e. The Hall–Kier alpha value is -0.350. The van der Waals surface area contributed by atoms with Gasteiger partial charge in [-0.3, -0.25) is 0 Å². The first-order valence-electron chi connectivity index (χ1n) is 9.23. The third-order valence-corrected chi connectivity index (χ3v) is 4.90. The molecule has 0 fully saturated rings. The lowest BCUT2D eigenvalue weighted by molar-refractivity contribution is 0.148. The van der Waals surface area contributed by atoms with Gasteiger partial charge in [0.2, 0.25) is 0 Å². The average Bonchev–Trinajstić information content (AvgIpc) is 2.59. The molecule has 2 heteroatoms. The van der Waals surface area contributed by atoms with Crippen LogP contribution in [0, 0.1) is 0 Å². The van der Waals surface area contributed by atoms with Gasteiger partial charge in [0.05, 0.1) is 13.2 Å². The van der Waals surface area contributed by atoms with Crippen molar-refractivity contribution in [3.8, 4) is 0 Å². The first-order chi connectivity index (χ1) is 11.4. The molecule has 0 unspecified atom stereocenters. The first-order valence-corrected chi connectivity index (χ1v) is 10.8. The number of rotatable bonds is 14. The minimum absolute atomic E-state index is 0.715. The Kier molecular flexibility index (Phi) is 13.7. The zero-order valence-electron chi connectivity index (χ0n) is 14.7. The summed E-state index contributed by atoms with van der Waals surface area (Å²) in [6.45, 7) is 3.72. The quantitative estimate of drug-likeness (QED) is 0.132. The Labute approximate surface area is 157 Å². The van der Waals surface area contributed by atoms with Crippen LogP contribution in [0.5, 0.6) is 0 Å². The van der Waals surface area contributed by atoms with Crippen molar-refractivity contribution in [1.82, 2.24) is 0 Å². The molecule has 0 bridgehead atoms. The van der Waals surface area contributed by atoms with Gasteiger partial charge >= 0.3 is 0 Å². The lowest BCUT2D eigenvalue weighted by Gasteiger charge is -2.03. The second kappa shape index (κ2) is 15.2. The molecule has 0 aliphatic heterocycles. The highest BCUT2D eigenvalue weighted by Crippen LogP contribution is 2.11. The molecule has 0 saturated heterocycles. The summed E-state index contributed by atoms with van der Waals surface area (Å²) in [5.74, 6) is 0. The van der Waals surface area contributed by atoms with Gasteiger partial charge in [-0.25, -0.2) is 0 Å². The fourth-order valence-corrected chi connectivity index (χ4v) is 3.10. The summed E-state index contributed by atoms with van der Waals surface area (Å²) >= 11 is 2.40. The fourth-order valence-electron chi connectivity index (χ4n) is 2.63. The van der Waals surface area contributed by atoms with E-state index in [0.717, 1.165) is 11.0 Å². The van der Waals surface area contributed by atoms with Crippen molar-refractivity contribution in [2.24, 2.45) is 0 Å². The lowest BCUT2D eigenvalue weighted by atomic mass is 10.1. The van der Waals surface area contributed by atoms with E-state index in [1.165, 1.54) is 68.9 Å². The molecular weight excluding hydrogens is 395 g/mol. The first kappa shape index (κ1) is 20.7. The third kappa shape index (κ3) is 11.8. The summed E-state index contributed by atoms with van der Waals surface area (Å²) in [7, 11) is 0. The van der Waals surface area contributed by atoms with Crippen molar-refractivity contribution in [3.63, 3.8) is 0 Å². The second-order valence-corrected chi connectivity index (χ2v) is 6.97. The minimum atomic E-state index is 0.715. The topological polar surface area (TPSA) is 9.23 Å². The number of halogens is 1. The summed E-state index contributed by atoms with van der Waals surface area (Å²) in [6.07, 6.45) is 16.8. The third-order valence-electron chi connectivity index (χ3n) is 4.02. The molecule has 1 aromatic rings. The number of hydrogen-bond acceptors (Lipinski definition) is 1. The lowest BCUT2D eigenvalue weighted by Crippen LogP contribution is -1.93. The van der Waals surface area contributed by atoms with Crippen molar-refractivity contribution < 1.29 is 4.74 Å². The predicted molar refractivity (Wildman–Crippen MR) is 110 cm³/mol. The maximum Gasteiger partial charge on any atom is 0.0721 e. The molecule has 0 aliphatic carbocycles. The molecule has 23 heavy (non-hydrogen) atoms. The molecule has 0 radical (unpaired) electrons. The molecule has 0 saturated carbocycles. The maximum atomic E-state index is 5.71. The van der Waals surface area contributed by atoms with Crippen LogP contribution in [0.4, 0.5) is 0 Å². The molecule has 0 N–H and O–H groups in total. The fraction of sp³-hybridized carbons (Fsp3) is 0.619. The average molecular weight is 428 g/mol. The van der Waals surface area contributed by atoms with E-state index in [4.69, 9.17) is 4.74 Å². The van der Waals surface area contributed by atoms with Gasteiger partial charge in [-0.1, -0.05) is 111 Å². The predicted octanol–water partition coefficient (Wildman–Crippen LogP) is 7.23. The summed E-state index contributed by atoms with van der Waals surface area (Å²) in [5.41, 5.74) is 2.65. The number of hydrogen-bond donors (Lipinski definition) is 0. The highest BCUT2D eigenvalue weighted by Gasteiger charge is 1.95. The van der Waals surface area contributed by atoms with Crippen molar-refractivity contribution in [1.29, 1.82) is 0 Å². The van der Waals surface area contributed by atoms with Gasteiger partial charge in [0.15, 0.2) is 0 Å². The van der Waals surface area contributed by atoms with Crippen LogP contribution in [0.15, 0.2) is 36.4 Å². The monoisotopic (exact) mass is 428 g/mol. The normalized spacial score (nSPS) is 11.4. The number of ether oxygens (including phenoxy) is 1. The Morgan fingerprint density at radius 1 is 0.913 bits per heavy atom. The van der Waals surface area contributed by atoms with E-state index in [-0.39, 0.29) is 0 Å². The molecular formula is C21H33IO. The van der Waals surface area contributed by atoms with E-state index in [1.807, 2.05) is 0 Å². The van der Waals surface area contributed by atoms with Crippen molar-refractivity contribution in [2.45, 2.75) is 75.7 Å². The van der Waals surface area contributed by atoms with E-state index < -0.39 is 0 Å². The van der Waals surface area contributed by atoms with Crippen LogP contribution in [-0.4, -0.2) is 6.61 Å². The molecule has 130 valence electrons. The largest absolute Gasteiger partial charge is 0.373 e. The standard InChI is InChI=1S/C21H33IO/c1-2-3-4-5-6-7-8-9-10-11-12-16-23-19-21-15-13-14-20(17-21)18-22/h11-15,17H,2-10,16,18-19H2,1H3/b12-11+. The van der Waals surface area contributed by atoms with Gasteiger partial charge < -0.3 is 4.74 Å². The van der Waals surface area contributed by atoms with Crippen LogP contribution < -0.4 is 0 Å². The molecule has 0 aliphatic rings. The maximum absolute atomic E-state index is 5.71. The number of allylic oxidation sites excluding steroid dienone is 1. The van der Waals surface area contributed by atoms with Gasteiger partial charge in [0.1, 0.15) is 0 Å². The van der Waals surface area contributed by atoms with Crippen LogP contribution in [0.25, 0.3) is 0 Å². The number of alkyl halides is 1. The van der Waals surface area contributed by atoms with E-state index in [9.17, 15) is 0 Å². The Bertz CT molecular complexity index is 414. The highest BCUT2D eigenvalue weighted by atomic mass is 127. The van der Waals surface area contributed by atoms with Crippen LogP contribution >= 0.6 is 22.6 Å². The smallest absolute Gasteiger partial charge is 0.0721 e. The van der Waals surface area contributed by atoms with Gasteiger partial charge in [0.25, 0.3) is 0 Å². The Morgan fingerprint density at radius 2 is 1.61 bits per heavy atom. The number of unbranched alkanes of at least 4 members (excludes halogenated alkanes) is 8. The van der Waals surface area contributed by atoms with Crippen LogP contribution in [0.3, 0.4) is 0 Å². The van der Waals surface area contributed by atoms with Gasteiger partial charge in [-0.15, -0.1) is 0 Å². The van der Waals surface area contributed by atoms with E-state index in [2.05, 4.69) is 65.9 Å². The molecule has 1 aromatic carbocycles. The summed E-state index contributed by atoms with van der Waals surface area (Å²) in [5, 5.41) is 0. The highest BCUT2D eigenvalue weighted by molar-refractivity contribution is 14.1. The SMILES string of the molecule is CCCCCCCCCC/C=C/COCc1cccc(CI)c1. The molecule has 0 atom stereocenters.